The Kier molecular flexibility index (Phi) is 5.06. The van der Waals surface area contributed by atoms with Gasteiger partial charge in [0.1, 0.15) is 12.2 Å². The molecule has 0 aliphatic rings. The lowest BCUT2D eigenvalue weighted by Gasteiger charge is -2.09. The third kappa shape index (κ3) is 2.76. The Morgan fingerprint density at radius 1 is 1.00 bits per heavy atom. The number of aromatic nitrogens is 2. The summed E-state index contributed by atoms with van der Waals surface area (Å²) in [7, 11) is 0. The van der Waals surface area contributed by atoms with Crippen molar-refractivity contribution in [2.24, 2.45) is 0 Å². The summed E-state index contributed by atoms with van der Waals surface area (Å²) in [4.78, 5) is 4.08. The van der Waals surface area contributed by atoms with E-state index in [1.54, 1.807) is 0 Å². The summed E-state index contributed by atoms with van der Waals surface area (Å²) >= 11 is 30.1. The van der Waals surface area contributed by atoms with Crippen molar-refractivity contribution in [2.75, 3.05) is 13.2 Å². The van der Waals surface area contributed by atoms with Crippen molar-refractivity contribution in [3.8, 4) is 0 Å². The van der Waals surface area contributed by atoms with E-state index in [2.05, 4.69) is 4.98 Å². The van der Waals surface area contributed by atoms with Crippen LogP contribution in [0.4, 0.5) is 0 Å². The van der Waals surface area contributed by atoms with Gasteiger partial charge in [0.05, 0.1) is 38.8 Å². The van der Waals surface area contributed by atoms with Gasteiger partial charge >= 0.3 is 0 Å². The lowest BCUT2D eigenvalue weighted by molar-refractivity contribution is 0.0503. The van der Waals surface area contributed by atoms with Crippen molar-refractivity contribution >= 4 is 69.0 Å². The predicted molar refractivity (Wildman–Crippen MR) is 77.8 cm³/mol. The molecule has 0 aliphatic carbocycles. The summed E-state index contributed by atoms with van der Waals surface area (Å²) < 4.78 is 6.68. The Hall–Kier alpha value is 0.0600. The zero-order valence-electron chi connectivity index (χ0n) is 9.26. The number of aliphatic hydroxyl groups excluding tert-OH is 1. The Balaban J connectivity index is 2.62. The second kappa shape index (κ2) is 6.22. The lowest BCUT2D eigenvalue weighted by atomic mass is 10.3. The summed E-state index contributed by atoms with van der Waals surface area (Å²) in [6, 6.07) is 0. The molecular formula is C10H7Cl5N2O2. The van der Waals surface area contributed by atoms with Crippen molar-refractivity contribution in [3.63, 3.8) is 0 Å². The highest BCUT2D eigenvalue weighted by Gasteiger charge is 2.21. The van der Waals surface area contributed by atoms with Gasteiger partial charge in [-0.1, -0.05) is 46.4 Å². The molecule has 9 heteroatoms. The first-order valence-corrected chi connectivity index (χ1v) is 6.94. The standard InChI is InChI=1S/C10H7Cl5N2O2/c11-4-5(12)7(14)9-8(6(4)13)16-10(15)17(9)3-19-2-1-18/h18H,1-3H2. The third-order valence-corrected chi connectivity index (χ3v) is 4.44. The van der Waals surface area contributed by atoms with Crippen LogP contribution in [0.5, 0.6) is 0 Å². The van der Waals surface area contributed by atoms with Crippen LogP contribution in [0, 0.1) is 0 Å². The van der Waals surface area contributed by atoms with Gasteiger partial charge in [0.15, 0.2) is 0 Å². The Bertz CT molecular complexity index is 628. The van der Waals surface area contributed by atoms with E-state index in [0.717, 1.165) is 0 Å². The number of fused-ring (bicyclic) bond motifs is 1. The molecule has 0 aliphatic heterocycles. The molecule has 1 N–H and O–H groups in total. The van der Waals surface area contributed by atoms with Crippen LogP contribution in [0.2, 0.25) is 25.4 Å². The van der Waals surface area contributed by atoms with E-state index < -0.39 is 0 Å². The molecule has 0 saturated heterocycles. The van der Waals surface area contributed by atoms with E-state index in [0.29, 0.717) is 11.0 Å². The number of ether oxygens (including phenoxy) is 1. The summed E-state index contributed by atoms with van der Waals surface area (Å²) in [5, 5.41) is 9.44. The van der Waals surface area contributed by atoms with Gasteiger partial charge in [0.25, 0.3) is 0 Å². The number of aliphatic hydroxyl groups is 1. The van der Waals surface area contributed by atoms with E-state index in [-0.39, 0.29) is 45.3 Å². The third-order valence-electron chi connectivity index (χ3n) is 2.37. The molecule has 1 aromatic heterocycles. The molecule has 19 heavy (non-hydrogen) atoms. The minimum atomic E-state index is -0.106. The number of imidazole rings is 1. The summed E-state index contributed by atoms with van der Waals surface area (Å²) in [6.45, 7) is 0.109. The molecule has 0 radical (unpaired) electrons. The molecule has 0 saturated carbocycles. The fourth-order valence-corrected chi connectivity index (χ4v) is 2.73. The van der Waals surface area contributed by atoms with Crippen LogP contribution in [0.1, 0.15) is 0 Å². The molecule has 0 unspecified atom stereocenters. The molecule has 1 aromatic carbocycles. The van der Waals surface area contributed by atoms with Crippen molar-refractivity contribution in [1.29, 1.82) is 0 Å². The van der Waals surface area contributed by atoms with Crippen molar-refractivity contribution in [2.45, 2.75) is 6.73 Å². The van der Waals surface area contributed by atoms with Crippen molar-refractivity contribution in [3.05, 3.63) is 25.4 Å². The number of rotatable bonds is 4. The summed E-state index contributed by atoms with van der Waals surface area (Å²) in [6.07, 6.45) is 0. The van der Waals surface area contributed by atoms with E-state index in [4.69, 9.17) is 67.8 Å². The number of hydrogen-bond acceptors (Lipinski definition) is 3. The van der Waals surface area contributed by atoms with Gasteiger partial charge in [-0.3, -0.25) is 4.57 Å². The average Bonchev–Trinajstić information content (AvgIpc) is 2.72. The monoisotopic (exact) mass is 362 g/mol. The Labute approximate surface area is 133 Å². The van der Waals surface area contributed by atoms with Crippen LogP contribution < -0.4 is 0 Å². The zero-order chi connectivity index (χ0) is 14.2. The van der Waals surface area contributed by atoms with Gasteiger partial charge in [-0.05, 0) is 11.6 Å². The first-order chi connectivity index (χ1) is 8.99. The molecule has 0 amide bonds. The van der Waals surface area contributed by atoms with E-state index in [1.807, 2.05) is 0 Å². The predicted octanol–water partition coefficient (Wildman–Crippen LogP) is 4.27. The minimum absolute atomic E-state index is 0.0594. The highest BCUT2D eigenvalue weighted by molar-refractivity contribution is 6.55. The SMILES string of the molecule is OCCOCn1c(Cl)nc2c(Cl)c(Cl)c(Cl)c(Cl)c21. The van der Waals surface area contributed by atoms with Crippen LogP contribution in [-0.4, -0.2) is 27.9 Å². The fourth-order valence-electron chi connectivity index (χ4n) is 1.54. The quantitative estimate of drug-likeness (QED) is 0.501. The van der Waals surface area contributed by atoms with Gasteiger partial charge in [0.2, 0.25) is 5.28 Å². The van der Waals surface area contributed by atoms with Gasteiger partial charge in [-0.15, -0.1) is 0 Å². The van der Waals surface area contributed by atoms with E-state index >= 15 is 0 Å². The van der Waals surface area contributed by atoms with Crippen LogP contribution in [0.15, 0.2) is 0 Å². The smallest absolute Gasteiger partial charge is 0.205 e. The number of halogens is 5. The van der Waals surface area contributed by atoms with Crippen LogP contribution in [0.25, 0.3) is 11.0 Å². The largest absolute Gasteiger partial charge is 0.394 e. The molecule has 2 aromatic rings. The van der Waals surface area contributed by atoms with Crippen LogP contribution in [-0.2, 0) is 11.5 Å². The highest BCUT2D eigenvalue weighted by Crippen LogP contribution is 2.43. The first-order valence-electron chi connectivity index (χ1n) is 5.05. The average molecular weight is 364 g/mol. The number of nitrogens with zero attached hydrogens (tertiary/aromatic N) is 2. The normalized spacial score (nSPS) is 11.5. The number of benzene rings is 1. The zero-order valence-corrected chi connectivity index (χ0v) is 13.0. The molecule has 4 nitrogen and oxygen atoms in total. The van der Waals surface area contributed by atoms with Crippen LogP contribution >= 0.6 is 58.0 Å². The fraction of sp³-hybridized carbons (Fsp3) is 0.300. The van der Waals surface area contributed by atoms with Crippen molar-refractivity contribution in [1.82, 2.24) is 9.55 Å². The minimum Gasteiger partial charge on any atom is -0.394 e. The van der Waals surface area contributed by atoms with Gasteiger partial charge in [-0.25, -0.2) is 4.98 Å². The molecular weight excluding hydrogens is 357 g/mol. The molecule has 0 atom stereocenters. The van der Waals surface area contributed by atoms with Crippen LogP contribution in [0.3, 0.4) is 0 Å². The maximum absolute atomic E-state index is 8.69. The topological polar surface area (TPSA) is 47.3 Å². The van der Waals surface area contributed by atoms with Crippen molar-refractivity contribution < 1.29 is 9.84 Å². The summed E-state index contributed by atoms with van der Waals surface area (Å²) in [5.74, 6) is 0. The van der Waals surface area contributed by atoms with Gasteiger partial charge < -0.3 is 9.84 Å². The first kappa shape index (κ1) is 15.4. The molecule has 0 bridgehead atoms. The molecule has 0 spiro atoms. The van der Waals surface area contributed by atoms with E-state index in [1.165, 1.54) is 4.57 Å². The molecule has 1 heterocycles. The molecule has 2 rings (SSSR count). The highest BCUT2D eigenvalue weighted by atomic mass is 35.5. The summed E-state index contributed by atoms with van der Waals surface area (Å²) in [5.41, 5.74) is 0.780. The van der Waals surface area contributed by atoms with Gasteiger partial charge in [0, 0.05) is 0 Å². The second-order valence-electron chi connectivity index (χ2n) is 3.52. The molecule has 0 fully saturated rings. The lowest BCUT2D eigenvalue weighted by Crippen LogP contribution is -2.06. The van der Waals surface area contributed by atoms with E-state index in [9.17, 15) is 0 Å². The Morgan fingerprint density at radius 2 is 1.63 bits per heavy atom. The Morgan fingerprint density at radius 3 is 2.26 bits per heavy atom. The molecule has 104 valence electrons. The van der Waals surface area contributed by atoms with Gasteiger partial charge in [-0.2, -0.15) is 0 Å². The second-order valence-corrected chi connectivity index (χ2v) is 5.37. The maximum Gasteiger partial charge on any atom is 0.205 e. The number of hydrogen-bond donors (Lipinski definition) is 1. The maximum atomic E-state index is 8.69.